The summed E-state index contributed by atoms with van der Waals surface area (Å²) in [6, 6.07) is 3.37. The van der Waals surface area contributed by atoms with Crippen LogP contribution in [-0.2, 0) is 14.8 Å². The molecular formula is C17H22N4O5S. The molecule has 1 fully saturated rings. The fraction of sp³-hybridized carbons (Fsp3) is 0.471. The lowest BCUT2D eigenvalue weighted by Crippen LogP contribution is -2.54. The van der Waals surface area contributed by atoms with Crippen molar-refractivity contribution in [2.75, 3.05) is 32.7 Å². The first-order valence-corrected chi connectivity index (χ1v) is 9.83. The molecule has 1 aromatic carbocycles. The maximum atomic E-state index is 12.9. The molecule has 1 atom stereocenters. The number of aryl methyl sites for hydroxylation is 1. The molecule has 1 saturated heterocycles. The molecule has 2 rings (SSSR count). The zero-order valence-electron chi connectivity index (χ0n) is 15.2. The smallest absolute Gasteiger partial charge is 0.270 e. The van der Waals surface area contributed by atoms with Crippen molar-refractivity contribution in [2.45, 2.75) is 24.8 Å². The number of nitro groups is 1. The summed E-state index contributed by atoms with van der Waals surface area (Å²) in [5.74, 6) is 2.12. The Morgan fingerprint density at radius 1 is 1.37 bits per heavy atom. The van der Waals surface area contributed by atoms with Crippen LogP contribution in [0.5, 0.6) is 0 Å². The van der Waals surface area contributed by atoms with Gasteiger partial charge in [0.2, 0.25) is 15.9 Å². The fourth-order valence-electron chi connectivity index (χ4n) is 2.90. The normalized spacial score (nSPS) is 17.1. The van der Waals surface area contributed by atoms with Crippen molar-refractivity contribution in [3.05, 3.63) is 33.9 Å². The van der Waals surface area contributed by atoms with Gasteiger partial charge in [0.25, 0.3) is 5.69 Å². The number of amides is 1. The first-order valence-electron chi connectivity index (χ1n) is 8.39. The molecule has 0 aliphatic carbocycles. The molecule has 1 heterocycles. The topological polar surface area (TPSA) is 113 Å². The molecule has 1 amide bonds. The lowest BCUT2D eigenvalue weighted by atomic mass is 10.2. The van der Waals surface area contributed by atoms with Crippen LogP contribution in [0.1, 0.15) is 12.5 Å². The average Bonchev–Trinajstić information content (AvgIpc) is 2.65. The number of hydrogen-bond donors (Lipinski definition) is 1. The van der Waals surface area contributed by atoms with Crippen LogP contribution in [0.25, 0.3) is 0 Å². The highest BCUT2D eigenvalue weighted by atomic mass is 32.2. The van der Waals surface area contributed by atoms with Crippen LogP contribution in [-0.4, -0.2) is 67.2 Å². The van der Waals surface area contributed by atoms with Gasteiger partial charge in [-0.25, -0.2) is 8.42 Å². The number of rotatable bonds is 6. The van der Waals surface area contributed by atoms with Gasteiger partial charge >= 0.3 is 0 Å². The molecule has 10 heteroatoms. The summed E-state index contributed by atoms with van der Waals surface area (Å²) in [5.41, 5.74) is 0.182. The first kappa shape index (κ1) is 20.8. The van der Waals surface area contributed by atoms with E-state index in [-0.39, 0.29) is 36.1 Å². The molecule has 9 nitrogen and oxygen atoms in total. The molecule has 1 aromatic rings. The summed E-state index contributed by atoms with van der Waals surface area (Å²) in [7, 11) is -3.86. The maximum Gasteiger partial charge on any atom is 0.270 e. The lowest BCUT2D eigenvalue weighted by Gasteiger charge is -2.36. The van der Waals surface area contributed by atoms with Crippen LogP contribution in [0, 0.1) is 29.4 Å². The molecule has 0 saturated carbocycles. The van der Waals surface area contributed by atoms with Crippen LogP contribution in [0.2, 0.25) is 0 Å². The van der Waals surface area contributed by atoms with Crippen LogP contribution in [0.4, 0.5) is 5.69 Å². The number of carbonyl (C=O) groups is 1. The molecule has 27 heavy (non-hydrogen) atoms. The predicted octanol–water partition coefficient (Wildman–Crippen LogP) is 0.347. The molecule has 0 bridgehead atoms. The highest BCUT2D eigenvalue weighted by molar-refractivity contribution is 7.89. The highest BCUT2D eigenvalue weighted by Crippen LogP contribution is 2.25. The summed E-state index contributed by atoms with van der Waals surface area (Å²) in [5, 5.41) is 13.6. The second kappa shape index (κ2) is 8.47. The second-order valence-electron chi connectivity index (χ2n) is 6.24. The number of nitrogens with zero attached hydrogens (tertiary/aromatic N) is 3. The number of carbonyl (C=O) groups excluding carboxylic acids is 1. The van der Waals surface area contributed by atoms with Crippen molar-refractivity contribution < 1.29 is 18.1 Å². The van der Waals surface area contributed by atoms with E-state index in [2.05, 4.69) is 11.2 Å². The van der Waals surface area contributed by atoms with E-state index in [1.165, 1.54) is 16.4 Å². The Morgan fingerprint density at radius 3 is 2.56 bits per heavy atom. The molecule has 0 spiro atoms. The fourth-order valence-corrected chi connectivity index (χ4v) is 4.57. The minimum atomic E-state index is -3.86. The number of piperazine rings is 1. The molecule has 0 aromatic heterocycles. The summed E-state index contributed by atoms with van der Waals surface area (Å²) < 4.78 is 27.1. The Hall–Kier alpha value is -2.48. The molecule has 0 radical (unpaired) electrons. The van der Waals surface area contributed by atoms with Crippen LogP contribution in [0.3, 0.4) is 0 Å². The van der Waals surface area contributed by atoms with Gasteiger partial charge in [-0.2, -0.15) is 4.31 Å². The van der Waals surface area contributed by atoms with Gasteiger partial charge in [-0.3, -0.25) is 19.8 Å². The SMILES string of the molecule is C#CCNC(=O)C(C)N1CCN(S(=O)(=O)c2cc([N+](=O)[O-])ccc2C)CC1. The minimum Gasteiger partial charge on any atom is -0.344 e. The van der Waals surface area contributed by atoms with Gasteiger partial charge in [-0.1, -0.05) is 12.0 Å². The predicted molar refractivity (Wildman–Crippen MR) is 99.5 cm³/mol. The average molecular weight is 394 g/mol. The number of sulfonamides is 1. The van der Waals surface area contributed by atoms with E-state index in [4.69, 9.17) is 6.42 Å². The lowest BCUT2D eigenvalue weighted by molar-refractivity contribution is -0.385. The van der Waals surface area contributed by atoms with Gasteiger partial charge in [-0.05, 0) is 19.4 Å². The van der Waals surface area contributed by atoms with Crippen molar-refractivity contribution in [1.82, 2.24) is 14.5 Å². The zero-order chi connectivity index (χ0) is 20.2. The Labute approximate surface area is 158 Å². The van der Waals surface area contributed by atoms with Crippen molar-refractivity contribution in [3.63, 3.8) is 0 Å². The van der Waals surface area contributed by atoms with Crippen LogP contribution < -0.4 is 5.32 Å². The van der Waals surface area contributed by atoms with E-state index < -0.39 is 21.0 Å². The summed E-state index contributed by atoms with van der Waals surface area (Å²) >= 11 is 0. The largest absolute Gasteiger partial charge is 0.344 e. The van der Waals surface area contributed by atoms with E-state index in [9.17, 15) is 23.3 Å². The Bertz CT molecular complexity index is 870. The summed E-state index contributed by atoms with van der Waals surface area (Å²) in [4.78, 5) is 24.2. The van der Waals surface area contributed by atoms with Crippen molar-refractivity contribution >= 4 is 21.6 Å². The molecule has 1 N–H and O–H groups in total. The van der Waals surface area contributed by atoms with Gasteiger partial charge in [-0.15, -0.1) is 6.42 Å². The van der Waals surface area contributed by atoms with Gasteiger partial charge in [0.05, 0.1) is 22.4 Å². The molecule has 146 valence electrons. The molecule has 1 unspecified atom stereocenters. The number of terminal acetylenes is 1. The highest BCUT2D eigenvalue weighted by Gasteiger charge is 2.33. The number of benzene rings is 1. The summed E-state index contributed by atoms with van der Waals surface area (Å²) in [6.07, 6.45) is 5.12. The zero-order valence-corrected chi connectivity index (χ0v) is 16.0. The first-order chi connectivity index (χ1) is 12.7. The molecule has 1 aliphatic heterocycles. The number of hydrogen-bond acceptors (Lipinski definition) is 6. The number of non-ortho nitro benzene ring substituents is 1. The third-order valence-corrected chi connectivity index (χ3v) is 6.61. The van der Waals surface area contributed by atoms with Crippen molar-refractivity contribution in [3.8, 4) is 12.3 Å². The van der Waals surface area contributed by atoms with Crippen LogP contribution in [0.15, 0.2) is 23.1 Å². The Balaban J connectivity index is 2.11. The van der Waals surface area contributed by atoms with Gasteiger partial charge in [0.1, 0.15) is 0 Å². The standard InChI is InChI=1S/C17H22N4O5S/c1-4-7-18-17(22)14(3)19-8-10-20(11-9-19)27(25,26)16-12-15(21(23)24)6-5-13(16)2/h1,5-6,12,14H,7-11H2,2-3H3,(H,18,22). The monoisotopic (exact) mass is 394 g/mol. The minimum absolute atomic E-state index is 0.0649. The second-order valence-corrected chi connectivity index (χ2v) is 8.15. The Kier molecular flexibility index (Phi) is 6.54. The van der Waals surface area contributed by atoms with E-state index in [1.54, 1.807) is 13.8 Å². The van der Waals surface area contributed by atoms with Gasteiger partial charge in [0.15, 0.2) is 0 Å². The van der Waals surface area contributed by atoms with E-state index >= 15 is 0 Å². The maximum absolute atomic E-state index is 12.9. The van der Waals surface area contributed by atoms with Crippen molar-refractivity contribution in [1.29, 1.82) is 0 Å². The third-order valence-electron chi connectivity index (χ3n) is 4.57. The van der Waals surface area contributed by atoms with Gasteiger partial charge < -0.3 is 5.32 Å². The van der Waals surface area contributed by atoms with E-state index in [0.717, 1.165) is 6.07 Å². The van der Waals surface area contributed by atoms with Crippen LogP contribution >= 0.6 is 0 Å². The van der Waals surface area contributed by atoms with E-state index in [1.807, 2.05) is 4.90 Å². The number of nitro benzene ring substituents is 1. The van der Waals surface area contributed by atoms with E-state index in [0.29, 0.717) is 18.7 Å². The third kappa shape index (κ3) is 4.63. The number of nitrogens with one attached hydrogen (secondary N) is 1. The van der Waals surface area contributed by atoms with Crippen molar-refractivity contribution in [2.24, 2.45) is 0 Å². The molecule has 1 aliphatic rings. The van der Waals surface area contributed by atoms with Gasteiger partial charge in [0, 0.05) is 38.3 Å². The summed E-state index contributed by atoms with van der Waals surface area (Å²) in [6.45, 7) is 4.61. The Morgan fingerprint density at radius 2 is 2.00 bits per heavy atom. The molecular weight excluding hydrogens is 372 g/mol. The quantitative estimate of drug-likeness (QED) is 0.423.